The van der Waals surface area contributed by atoms with E-state index in [1.165, 1.54) is 10.8 Å². The molecular weight excluding hydrogens is 357 g/mol. The van der Waals surface area contributed by atoms with Gasteiger partial charge in [0, 0.05) is 25.8 Å². The summed E-state index contributed by atoms with van der Waals surface area (Å²) >= 11 is 0. The molecule has 3 heteroatoms. The molecule has 12 heavy (non-hydrogen) atoms. The SMILES string of the molecule is [Cl-].[Cl-].[Hf].c1ccc2[cH-]ccc2c1. The minimum atomic E-state index is 0. The Kier molecular flexibility index (Phi) is 8.33. The first kappa shape index (κ1) is 14.8. The summed E-state index contributed by atoms with van der Waals surface area (Å²) in [4.78, 5) is 0. The third kappa shape index (κ3) is 2.96. The van der Waals surface area contributed by atoms with Gasteiger partial charge in [-0.3, -0.25) is 0 Å². The second kappa shape index (κ2) is 6.76. The van der Waals surface area contributed by atoms with Gasteiger partial charge in [-0.25, -0.2) is 0 Å². The van der Waals surface area contributed by atoms with Crippen molar-refractivity contribution in [2.45, 2.75) is 0 Å². The fraction of sp³-hybridized carbons (Fsp3) is 0. The van der Waals surface area contributed by atoms with Gasteiger partial charge in [-0.15, -0.1) is 29.7 Å². The van der Waals surface area contributed by atoms with Crippen molar-refractivity contribution in [1.29, 1.82) is 0 Å². The van der Waals surface area contributed by atoms with Gasteiger partial charge in [0.15, 0.2) is 0 Å². The van der Waals surface area contributed by atoms with Crippen molar-refractivity contribution in [2.24, 2.45) is 0 Å². The number of hydrogen-bond donors (Lipinski definition) is 0. The van der Waals surface area contributed by atoms with Gasteiger partial charge in [0.1, 0.15) is 0 Å². The topological polar surface area (TPSA) is 0 Å². The Labute approximate surface area is 103 Å². The van der Waals surface area contributed by atoms with E-state index < -0.39 is 0 Å². The average Bonchev–Trinajstić information content (AvgIpc) is 2.33. The molecule has 0 atom stereocenters. The molecule has 0 unspecified atom stereocenters. The molecule has 0 nitrogen and oxygen atoms in total. The Morgan fingerprint density at radius 1 is 0.917 bits per heavy atom. The van der Waals surface area contributed by atoms with Crippen molar-refractivity contribution in [2.75, 3.05) is 0 Å². The first-order valence-electron chi connectivity index (χ1n) is 3.07. The van der Waals surface area contributed by atoms with Crippen LogP contribution in [0.25, 0.3) is 10.8 Å². The molecular formula is C9H7Cl2Hf-3. The van der Waals surface area contributed by atoms with Gasteiger partial charge in [-0.05, 0) is 0 Å². The van der Waals surface area contributed by atoms with Gasteiger partial charge in [-0.1, -0.05) is 6.07 Å². The molecule has 2 rings (SSSR count). The molecule has 0 aliphatic heterocycles. The first-order valence-corrected chi connectivity index (χ1v) is 3.07. The number of rotatable bonds is 0. The van der Waals surface area contributed by atoms with E-state index in [1.807, 2.05) is 0 Å². The number of hydrogen-bond acceptors (Lipinski definition) is 0. The Morgan fingerprint density at radius 3 is 2.25 bits per heavy atom. The van der Waals surface area contributed by atoms with Crippen LogP contribution in [0, 0.1) is 0 Å². The summed E-state index contributed by atoms with van der Waals surface area (Å²) in [5.74, 6) is 0. The normalized spacial score (nSPS) is 7.67. The smallest absolute Gasteiger partial charge is 0 e. The number of benzene rings is 1. The molecule has 0 aromatic heterocycles. The maximum atomic E-state index is 2.12. The zero-order valence-electron chi connectivity index (χ0n) is 6.30. The number of fused-ring (bicyclic) bond motifs is 1. The average molecular weight is 365 g/mol. The van der Waals surface area contributed by atoms with Crippen molar-refractivity contribution < 1.29 is 50.7 Å². The zero-order chi connectivity index (χ0) is 6.10. The third-order valence-electron chi connectivity index (χ3n) is 1.55. The third-order valence-corrected chi connectivity index (χ3v) is 1.55. The van der Waals surface area contributed by atoms with E-state index in [4.69, 9.17) is 0 Å². The van der Waals surface area contributed by atoms with Gasteiger partial charge in [0.25, 0.3) is 0 Å². The minimum absolute atomic E-state index is 0. The monoisotopic (exact) mass is 365 g/mol. The van der Waals surface area contributed by atoms with E-state index >= 15 is 0 Å². The maximum Gasteiger partial charge on any atom is 0 e. The summed E-state index contributed by atoms with van der Waals surface area (Å²) in [5.41, 5.74) is 0. The molecule has 0 bridgehead atoms. The summed E-state index contributed by atoms with van der Waals surface area (Å²) in [6.07, 6.45) is 0. The summed E-state index contributed by atoms with van der Waals surface area (Å²) in [6, 6.07) is 14.7. The number of halogens is 2. The summed E-state index contributed by atoms with van der Waals surface area (Å²) in [5, 5.41) is 2.66. The van der Waals surface area contributed by atoms with Gasteiger partial charge in [-0.2, -0.15) is 17.5 Å². The molecule has 0 N–H and O–H groups in total. The van der Waals surface area contributed by atoms with E-state index in [2.05, 4.69) is 42.5 Å². The fourth-order valence-electron chi connectivity index (χ4n) is 1.07. The van der Waals surface area contributed by atoms with Crippen LogP contribution in [-0.4, -0.2) is 0 Å². The maximum absolute atomic E-state index is 2.12. The van der Waals surface area contributed by atoms with Crippen molar-refractivity contribution in [3.8, 4) is 0 Å². The van der Waals surface area contributed by atoms with Gasteiger partial charge < -0.3 is 24.8 Å². The second-order valence-electron chi connectivity index (χ2n) is 2.15. The zero-order valence-corrected chi connectivity index (χ0v) is 11.4. The Bertz CT molecular complexity index is 287. The summed E-state index contributed by atoms with van der Waals surface area (Å²) < 4.78 is 0. The van der Waals surface area contributed by atoms with E-state index in [1.54, 1.807) is 0 Å². The van der Waals surface area contributed by atoms with Crippen LogP contribution in [0.1, 0.15) is 0 Å². The molecule has 0 spiro atoms. The van der Waals surface area contributed by atoms with Crippen molar-refractivity contribution in [1.82, 2.24) is 0 Å². The van der Waals surface area contributed by atoms with E-state index in [9.17, 15) is 0 Å². The van der Waals surface area contributed by atoms with Gasteiger partial charge in [0.05, 0.1) is 0 Å². The molecule has 0 heterocycles. The van der Waals surface area contributed by atoms with Crippen LogP contribution in [0.2, 0.25) is 0 Å². The van der Waals surface area contributed by atoms with Crippen molar-refractivity contribution in [3.63, 3.8) is 0 Å². The Balaban J connectivity index is 0. The van der Waals surface area contributed by atoms with E-state index in [0.29, 0.717) is 0 Å². The Morgan fingerprint density at radius 2 is 1.58 bits per heavy atom. The molecule has 2 aromatic rings. The van der Waals surface area contributed by atoms with Crippen LogP contribution >= 0.6 is 0 Å². The quantitative estimate of drug-likeness (QED) is 0.337. The van der Waals surface area contributed by atoms with Crippen LogP contribution in [0.15, 0.2) is 42.5 Å². The van der Waals surface area contributed by atoms with Crippen molar-refractivity contribution >= 4 is 10.8 Å². The van der Waals surface area contributed by atoms with Gasteiger partial charge in [0.2, 0.25) is 0 Å². The molecule has 64 valence electrons. The van der Waals surface area contributed by atoms with Crippen LogP contribution < -0.4 is 24.8 Å². The van der Waals surface area contributed by atoms with Gasteiger partial charge >= 0.3 is 0 Å². The second-order valence-corrected chi connectivity index (χ2v) is 2.15. The predicted molar refractivity (Wildman–Crippen MR) is 39.5 cm³/mol. The van der Waals surface area contributed by atoms with Crippen LogP contribution in [-0.2, 0) is 25.8 Å². The van der Waals surface area contributed by atoms with Crippen LogP contribution in [0.5, 0.6) is 0 Å². The molecule has 0 aliphatic carbocycles. The minimum Gasteiger partial charge on any atom is -1.00 e. The van der Waals surface area contributed by atoms with E-state index in [0.717, 1.165) is 0 Å². The molecule has 2 aromatic carbocycles. The van der Waals surface area contributed by atoms with Crippen molar-refractivity contribution in [3.05, 3.63) is 42.5 Å². The van der Waals surface area contributed by atoms with Crippen LogP contribution in [0.4, 0.5) is 0 Å². The van der Waals surface area contributed by atoms with E-state index in [-0.39, 0.29) is 50.7 Å². The standard InChI is InChI=1S/C9H7.2ClH.Hf/c1-2-5-9-7-3-6-8(9)4-1;;;/h1-7H;2*1H;/q-1;;;/p-2. The molecule has 0 saturated heterocycles. The molecule has 0 aliphatic rings. The largest absolute Gasteiger partial charge is 1.00 e. The molecule has 0 fully saturated rings. The predicted octanol–water partition coefficient (Wildman–Crippen LogP) is -3.44. The van der Waals surface area contributed by atoms with Crippen LogP contribution in [0.3, 0.4) is 0 Å². The Hall–Kier alpha value is 0.280. The summed E-state index contributed by atoms with van der Waals surface area (Å²) in [7, 11) is 0. The molecule has 0 radical (unpaired) electrons. The molecule has 0 saturated carbocycles. The molecule has 0 amide bonds. The fourth-order valence-corrected chi connectivity index (χ4v) is 1.07. The summed E-state index contributed by atoms with van der Waals surface area (Å²) in [6.45, 7) is 0. The first-order chi connectivity index (χ1) is 4.47.